The molecule has 0 bridgehead atoms. The lowest BCUT2D eigenvalue weighted by Crippen LogP contribution is -2.02. The van der Waals surface area contributed by atoms with Gasteiger partial charge >= 0.3 is 0 Å². The van der Waals surface area contributed by atoms with E-state index in [2.05, 4.69) is 26.2 Å². The van der Waals surface area contributed by atoms with Crippen molar-refractivity contribution >= 4 is 21.7 Å². The molecule has 19 heavy (non-hydrogen) atoms. The SMILES string of the molecule is Cc1cnc(NCc2ccc3c(c2)OCO3)c(Br)c1. The Morgan fingerprint density at radius 3 is 2.95 bits per heavy atom. The summed E-state index contributed by atoms with van der Waals surface area (Å²) in [5, 5.41) is 3.29. The van der Waals surface area contributed by atoms with E-state index in [1.807, 2.05) is 37.4 Å². The van der Waals surface area contributed by atoms with Gasteiger partial charge in [0.25, 0.3) is 0 Å². The highest BCUT2D eigenvalue weighted by Crippen LogP contribution is 2.32. The smallest absolute Gasteiger partial charge is 0.231 e. The Bertz CT molecular complexity index is 616. The van der Waals surface area contributed by atoms with Crippen molar-refractivity contribution in [2.45, 2.75) is 13.5 Å². The summed E-state index contributed by atoms with van der Waals surface area (Å²) in [6.45, 7) is 3.00. The molecular formula is C14H13BrN2O2. The molecule has 0 atom stereocenters. The van der Waals surface area contributed by atoms with Crippen molar-refractivity contribution in [2.75, 3.05) is 12.1 Å². The second-order valence-electron chi connectivity index (χ2n) is 4.38. The molecular weight excluding hydrogens is 308 g/mol. The molecule has 0 saturated carbocycles. The molecule has 1 aromatic carbocycles. The third-order valence-electron chi connectivity index (χ3n) is 2.87. The maximum absolute atomic E-state index is 5.36. The van der Waals surface area contributed by atoms with Gasteiger partial charge in [0, 0.05) is 12.7 Å². The van der Waals surface area contributed by atoms with Crippen LogP contribution in [0.3, 0.4) is 0 Å². The van der Waals surface area contributed by atoms with E-state index in [4.69, 9.17) is 9.47 Å². The Morgan fingerprint density at radius 1 is 1.26 bits per heavy atom. The molecule has 4 nitrogen and oxygen atoms in total. The minimum atomic E-state index is 0.303. The number of anilines is 1. The highest BCUT2D eigenvalue weighted by Gasteiger charge is 2.13. The van der Waals surface area contributed by atoms with Gasteiger partial charge in [0.05, 0.1) is 4.47 Å². The molecule has 0 aliphatic carbocycles. The number of hydrogen-bond acceptors (Lipinski definition) is 4. The first-order valence-corrected chi connectivity index (χ1v) is 6.76. The molecule has 1 aliphatic heterocycles. The van der Waals surface area contributed by atoms with Gasteiger partial charge in [-0.25, -0.2) is 4.98 Å². The average Bonchev–Trinajstić information content (AvgIpc) is 2.85. The van der Waals surface area contributed by atoms with Crippen molar-refractivity contribution in [1.29, 1.82) is 0 Å². The first-order valence-electron chi connectivity index (χ1n) is 5.97. The maximum Gasteiger partial charge on any atom is 0.231 e. The first kappa shape index (κ1) is 12.3. The predicted octanol–water partition coefficient (Wildman–Crippen LogP) is 3.49. The van der Waals surface area contributed by atoms with Crippen LogP contribution in [-0.4, -0.2) is 11.8 Å². The van der Waals surface area contributed by atoms with E-state index in [0.717, 1.165) is 32.9 Å². The van der Waals surface area contributed by atoms with Crippen molar-refractivity contribution < 1.29 is 9.47 Å². The van der Waals surface area contributed by atoms with Crippen LogP contribution in [0.15, 0.2) is 34.9 Å². The number of aryl methyl sites for hydroxylation is 1. The van der Waals surface area contributed by atoms with Crippen LogP contribution in [-0.2, 0) is 6.54 Å². The lowest BCUT2D eigenvalue weighted by molar-refractivity contribution is 0.174. The number of nitrogens with one attached hydrogen (secondary N) is 1. The average molecular weight is 321 g/mol. The van der Waals surface area contributed by atoms with Crippen molar-refractivity contribution in [1.82, 2.24) is 4.98 Å². The van der Waals surface area contributed by atoms with Gasteiger partial charge in [-0.05, 0) is 52.2 Å². The Hall–Kier alpha value is -1.75. The lowest BCUT2D eigenvalue weighted by Gasteiger charge is -2.08. The fourth-order valence-electron chi connectivity index (χ4n) is 1.90. The topological polar surface area (TPSA) is 43.4 Å². The van der Waals surface area contributed by atoms with E-state index in [0.29, 0.717) is 13.3 Å². The summed E-state index contributed by atoms with van der Waals surface area (Å²) in [6, 6.07) is 7.96. The summed E-state index contributed by atoms with van der Waals surface area (Å²) in [5.41, 5.74) is 2.25. The third kappa shape index (κ3) is 2.66. The summed E-state index contributed by atoms with van der Waals surface area (Å²) in [6.07, 6.45) is 1.84. The predicted molar refractivity (Wildman–Crippen MR) is 76.6 cm³/mol. The number of rotatable bonds is 3. The van der Waals surface area contributed by atoms with Crippen LogP contribution in [0.4, 0.5) is 5.82 Å². The molecule has 3 rings (SSSR count). The van der Waals surface area contributed by atoms with Gasteiger partial charge in [0.15, 0.2) is 11.5 Å². The molecule has 0 spiro atoms. The molecule has 1 aliphatic rings. The fourth-order valence-corrected chi connectivity index (χ4v) is 2.50. The van der Waals surface area contributed by atoms with Crippen LogP contribution in [0.2, 0.25) is 0 Å². The number of pyridine rings is 1. The second-order valence-corrected chi connectivity index (χ2v) is 5.24. The van der Waals surface area contributed by atoms with Gasteiger partial charge in [-0.2, -0.15) is 0 Å². The first-order chi connectivity index (χ1) is 9.22. The largest absolute Gasteiger partial charge is 0.454 e. The van der Waals surface area contributed by atoms with E-state index >= 15 is 0 Å². The minimum Gasteiger partial charge on any atom is -0.454 e. The monoisotopic (exact) mass is 320 g/mol. The highest BCUT2D eigenvalue weighted by atomic mass is 79.9. The van der Waals surface area contributed by atoms with Crippen molar-refractivity contribution in [3.8, 4) is 11.5 Å². The van der Waals surface area contributed by atoms with E-state index in [1.54, 1.807) is 0 Å². The van der Waals surface area contributed by atoms with Crippen LogP contribution in [0, 0.1) is 6.92 Å². The molecule has 5 heteroatoms. The second kappa shape index (κ2) is 5.09. The Morgan fingerprint density at radius 2 is 2.11 bits per heavy atom. The summed E-state index contributed by atoms with van der Waals surface area (Å²) < 4.78 is 11.6. The number of fused-ring (bicyclic) bond motifs is 1. The summed E-state index contributed by atoms with van der Waals surface area (Å²) in [7, 11) is 0. The van der Waals surface area contributed by atoms with E-state index in [1.165, 1.54) is 0 Å². The molecule has 0 fully saturated rings. The molecule has 2 heterocycles. The molecule has 0 unspecified atom stereocenters. The van der Waals surface area contributed by atoms with Gasteiger partial charge in [-0.1, -0.05) is 6.07 Å². The third-order valence-corrected chi connectivity index (χ3v) is 3.48. The Balaban J connectivity index is 1.72. The normalized spacial score (nSPS) is 12.5. The maximum atomic E-state index is 5.36. The zero-order valence-electron chi connectivity index (χ0n) is 10.4. The summed E-state index contributed by atoms with van der Waals surface area (Å²) in [4.78, 5) is 4.35. The minimum absolute atomic E-state index is 0.303. The number of aromatic nitrogens is 1. The van der Waals surface area contributed by atoms with Crippen LogP contribution >= 0.6 is 15.9 Å². The van der Waals surface area contributed by atoms with Gasteiger partial charge in [-0.15, -0.1) is 0 Å². The van der Waals surface area contributed by atoms with E-state index < -0.39 is 0 Å². The van der Waals surface area contributed by atoms with Crippen molar-refractivity contribution in [3.63, 3.8) is 0 Å². The molecule has 2 aromatic rings. The molecule has 98 valence electrons. The van der Waals surface area contributed by atoms with E-state index in [9.17, 15) is 0 Å². The molecule has 1 aromatic heterocycles. The lowest BCUT2D eigenvalue weighted by atomic mass is 10.2. The van der Waals surface area contributed by atoms with Gasteiger partial charge in [0.1, 0.15) is 5.82 Å². The van der Waals surface area contributed by atoms with Crippen molar-refractivity contribution in [2.24, 2.45) is 0 Å². The number of ether oxygens (including phenoxy) is 2. The number of hydrogen-bond donors (Lipinski definition) is 1. The number of benzene rings is 1. The molecule has 1 N–H and O–H groups in total. The quantitative estimate of drug-likeness (QED) is 0.940. The Labute approximate surface area is 119 Å². The zero-order chi connectivity index (χ0) is 13.2. The molecule has 0 radical (unpaired) electrons. The van der Waals surface area contributed by atoms with Crippen LogP contribution in [0.5, 0.6) is 11.5 Å². The highest BCUT2D eigenvalue weighted by molar-refractivity contribution is 9.10. The standard InChI is InChI=1S/C14H13BrN2O2/c1-9-4-11(15)14(16-6-9)17-7-10-2-3-12-13(5-10)19-8-18-12/h2-6H,7-8H2,1H3,(H,16,17). The zero-order valence-corrected chi connectivity index (χ0v) is 12.0. The van der Waals surface area contributed by atoms with Gasteiger partial charge in [-0.3, -0.25) is 0 Å². The van der Waals surface area contributed by atoms with Crippen LogP contribution < -0.4 is 14.8 Å². The van der Waals surface area contributed by atoms with Crippen LogP contribution in [0.1, 0.15) is 11.1 Å². The molecule has 0 amide bonds. The van der Waals surface area contributed by atoms with Gasteiger partial charge < -0.3 is 14.8 Å². The fraction of sp³-hybridized carbons (Fsp3) is 0.214. The summed E-state index contributed by atoms with van der Waals surface area (Å²) in [5.74, 6) is 2.44. The summed E-state index contributed by atoms with van der Waals surface area (Å²) >= 11 is 3.50. The van der Waals surface area contributed by atoms with E-state index in [-0.39, 0.29) is 0 Å². The van der Waals surface area contributed by atoms with Crippen LogP contribution in [0.25, 0.3) is 0 Å². The van der Waals surface area contributed by atoms with Crippen molar-refractivity contribution in [3.05, 3.63) is 46.1 Å². The number of nitrogens with zero attached hydrogens (tertiary/aromatic N) is 1. The number of halogens is 1. The van der Waals surface area contributed by atoms with Gasteiger partial charge in [0.2, 0.25) is 6.79 Å². The molecule has 0 saturated heterocycles. The Kier molecular flexibility index (Phi) is 3.29.